The Morgan fingerprint density at radius 1 is 1.04 bits per heavy atom. The number of nitrogens with one attached hydrogen (secondary N) is 1. The van der Waals surface area contributed by atoms with E-state index in [1.54, 1.807) is 26.0 Å². The second-order valence-electron chi connectivity index (χ2n) is 5.60. The van der Waals surface area contributed by atoms with Gasteiger partial charge in [-0.25, -0.2) is 17.9 Å². The molecule has 0 aromatic heterocycles. The number of hydrogen-bond acceptors (Lipinski definition) is 5. The van der Waals surface area contributed by atoms with Gasteiger partial charge in [0.1, 0.15) is 19.0 Å². The Balaban J connectivity index is 1.92. The highest BCUT2D eigenvalue weighted by Gasteiger charge is 2.17. The van der Waals surface area contributed by atoms with Gasteiger partial charge in [-0.2, -0.15) is 0 Å². The molecule has 7 heteroatoms. The van der Waals surface area contributed by atoms with E-state index in [4.69, 9.17) is 9.47 Å². The van der Waals surface area contributed by atoms with E-state index < -0.39 is 16.0 Å². The van der Waals surface area contributed by atoms with E-state index in [-0.39, 0.29) is 29.7 Å². The summed E-state index contributed by atoms with van der Waals surface area (Å²) in [6.45, 7) is 3.72. The van der Waals surface area contributed by atoms with Crippen molar-refractivity contribution >= 4 is 16.0 Å². The Bertz CT molecular complexity index is 803. The predicted octanol–water partition coefficient (Wildman–Crippen LogP) is 2.61. The minimum atomic E-state index is -3.66. The standard InChI is InChI=1S/C18H21NO5S/c1-14(2)19-25(21,22)17-10-6-7-15(13-17)18(20)24-12-11-23-16-8-4-3-5-9-16/h3-10,13-14,19H,11-12H2,1-2H3. The first-order valence-corrected chi connectivity index (χ1v) is 9.34. The second-order valence-corrected chi connectivity index (χ2v) is 7.32. The Labute approximate surface area is 147 Å². The van der Waals surface area contributed by atoms with E-state index in [1.165, 1.54) is 24.3 Å². The van der Waals surface area contributed by atoms with Crippen LogP contribution in [0.1, 0.15) is 24.2 Å². The second kappa shape index (κ2) is 8.64. The van der Waals surface area contributed by atoms with E-state index >= 15 is 0 Å². The highest BCUT2D eigenvalue weighted by atomic mass is 32.2. The molecular formula is C18H21NO5S. The van der Waals surface area contributed by atoms with Gasteiger partial charge in [-0.1, -0.05) is 24.3 Å². The van der Waals surface area contributed by atoms with Crippen LogP contribution in [0.5, 0.6) is 5.75 Å². The van der Waals surface area contributed by atoms with Gasteiger partial charge >= 0.3 is 5.97 Å². The summed E-state index contributed by atoms with van der Waals surface area (Å²) in [5.41, 5.74) is 0.173. The van der Waals surface area contributed by atoms with E-state index in [2.05, 4.69) is 4.72 Å². The highest BCUT2D eigenvalue weighted by molar-refractivity contribution is 7.89. The summed E-state index contributed by atoms with van der Waals surface area (Å²) in [6.07, 6.45) is 0. The third kappa shape index (κ3) is 5.88. The van der Waals surface area contributed by atoms with Crippen LogP contribution in [0.15, 0.2) is 59.5 Å². The van der Waals surface area contributed by atoms with Crippen molar-refractivity contribution in [1.29, 1.82) is 0 Å². The third-order valence-electron chi connectivity index (χ3n) is 3.10. The Morgan fingerprint density at radius 2 is 1.76 bits per heavy atom. The first-order valence-electron chi connectivity index (χ1n) is 7.86. The molecule has 0 unspecified atom stereocenters. The van der Waals surface area contributed by atoms with Crippen LogP contribution in [0.4, 0.5) is 0 Å². The molecule has 25 heavy (non-hydrogen) atoms. The van der Waals surface area contributed by atoms with Crippen LogP contribution in [0.25, 0.3) is 0 Å². The van der Waals surface area contributed by atoms with Crippen molar-refractivity contribution in [3.63, 3.8) is 0 Å². The first-order chi connectivity index (χ1) is 11.9. The summed E-state index contributed by atoms with van der Waals surface area (Å²) in [6, 6.07) is 14.7. The zero-order valence-electron chi connectivity index (χ0n) is 14.1. The largest absolute Gasteiger partial charge is 0.490 e. The SMILES string of the molecule is CC(C)NS(=O)(=O)c1cccc(C(=O)OCCOc2ccccc2)c1. The molecule has 6 nitrogen and oxygen atoms in total. The van der Waals surface area contributed by atoms with E-state index in [0.717, 1.165) is 0 Å². The molecule has 0 atom stereocenters. The maximum absolute atomic E-state index is 12.2. The van der Waals surface area contributed by atoms with Gasteiger partial charge in [0.2, 0.25) is 10.0 Å². The lowest BCUT2D eigenvalue weighted by molar-refractivity contribution is 0.0450. The van der Waals surface area contributed by atoms with Crippen LogP contribution < -0.4 is 9.46 Å². The summed E-state index contributed by atoms with van der Waals surface area (Å²) >= 11 is 0. The molecule has 0 saturated heterocycles. The van der Waals surface area contributed by atoms with Crippen molar-refractivity contribution in [2.75, 3.05) is 13.2 Å². The predicted molar refractivity (Wildman–Crippen MR) is 94.1 cm³/mol. The minimum absolute atomic E-state index is 0.0242. The zero-order chi connectivity index (χ0) is 18.3. The lowest BCUT2D eigenvalue weighted by Gasteiger charge is -2.11. The van der Waals surface area contributed by atoms with Crippen LogP contribution in [-0.4, -0.2) is 33.6 Å². The van der Waals surface area contributed by atoms with Gasteiger partial charge in [0.05, 0.1) is 10.5 Å². The fraction of sp³-hybridized carbons (Fsp3) is 0.278. The zero-order valence-corrected chi connectivity index (χ0v) is 15.0. The molecule has 1 N–H and O–H groups in total. The topological polar surface area (TPSA) is 81.7 Å². The monoisotopic (exact) mass is 363 g/mol. The molecular weight excluding hydrogens is 342 g/mol. The summed E-state index contributed by atoms with van der Waals surface area (Å²) < 4.78 is 37.3. The number of esters is 1. The number of sulfonamides is 1. The van der Waals surface area contributed by atoms with Gasteiger partial charge in [0, 0.05) is 6.04 Å². The van der Waals surface area contributed by atoms with Gasteiger partial charge in [-0.15, -0.1) is 0 Å². The first kappa shape index (κ1) is 19.0. The maximum Gasteiger partial charge on any atom is 0.338 e. The average Bonchev–Trinajstić information content (AvgIpc) is 2.58. The maximum atomic E-state index is 12.2. The van der Waals surface area contributed by atoms with Crippen LogP contribution in [0, 0.1) is 0 Å². The molecule has 2 aromatic rings. The smallest absolute Gasteiger partial charge is 0.338 e. The number of para-hydroxylation sites is 1. The summed E-state index contributed by atoms with van der Waals surface area (Å²) in [7, 11) is -3.66. The lowest BCUT2D eigenvalue weighted by atomic mass is 10.2. The van der Waals surface area contributed by atoms with Crippen molar-refractivity contribution in [3.8, 4) is 5.75 Å². The molecule has 0 fully saturated rings. The molecule has 2 aromatic carbocycles. The minimum Gasteiger partial charge on any atom is -0.490 e. The van der Waals surface area contributed by atoms with Crippen molar-refractivity contribution < 1.29 is 22.7 Å². The Morgan fingerprint density at radius 3 is 2.44 bits per heavy atom. The fourth-order valence-corrected chi connectivity index (χ4v) is 3.36. The van der Waals surface area contributed by atoms with Gasteiger partial charge in [0.15, 0.2) is 0 Å². The molecule has 0 bridgehead atoms. The van der Waals surface area contributed by atoms with E-state index in [1.807, 2.05) is 18.2 Å². The van der Waals surface area contributed by atoms with Gasteiger partial charge in [0.25, 0.3) is 0 Å². The molecule has 0 radical (unpaired) electrons. The lowest BCUT2D eigenvalue weighted by Crippen LogP contribution is -2.30. The number of carbonyl (C=O) groups is 1. The summed E-state index contributed by atoms with van der Waals surface area (Å²) in [5, 5.41) is 0. The summed E-state index contributed by atoms with van der Waals surface area (Å²) in [5.74, 6) is 0.0876. The van der Waals surface area contributed by atoms with E-state index in [0.29, 0.717) is 5.75 Å². The molecule has 0 heterocycles. The van der Waals surface area contributed by atoms with Crippen molar-refractivity contribution in [3.05, 3.63) is 60.2 Å². The summed E-state index contributed by atoms with van der Waals surface area (Å²) in [4.78, 5) is 12.1. The molecule has 0 aliphatic heterocycles. The van der Waals surface area contributed by atoms with Crippen LogP contribution in [0.3, 0.4) is 0 Å². The van der Waals surface area contributed by atoms with Crippen LogP contribution in [0.2, 0.25) is 0 Å². The fourth-order valence-electron chi connectivity index (χ4n) is 2.06. The number of benzene rings is 2. The molecule has 0 aliphatic rings. The van der Waals surface area contributed by atoms with Gasteiger partial charge in [-0.05, 0) is 44.2 Å². The number of rotatable bonds is 8. The molecule has 0 amide bonds. The van der Waals surface area contributed by atoms with Crippen LogP contribution >= 0.6 is 0 Å². The quantitative estimate of drug-likeness (QED) is 0.576. The Kier molecular flexibility index (Phi) is 6.55. The Hall–Kier alpha value is -2.38. The number of hydrogen-bond donors (Lipinski definition) is 1. The van der Waals surface area contributed by atoms with Crippen molar-refractivity contribution in [1.82, 2.24) is 4.72 Å². The number of ether oxygens (including phenoxy) is 2. The highest BCUT2D eigenvalue weighted by Crippen LogP contribution is 2.13. The molecule has 134 valence electrons. The molecule has 0 aliphatic carbocycles. The number of carbonyl (C=O) groups excluding carboxylic acids is 1. The molecule has 0 spiro atoms. The third-order valence-corrected chi connectivity index (χ3v) is 4.76. The molecule has 0 saturated carbocycles. The van der Waals surface area contributed by atoms with Crippen LogP contribution in [-0.2, 0) is 14.8 Å². The average molecular weight is 363 g/mol. The van der Waals surface area contributed by atoms with Gasteiger partial charge < -0.3 is 9.47 Å². The van der Waals surface area contributed by atoms with Gasteiger partial charge in [-0.3, -0.25) is 0 Å². The van der Waals surface area contributed by atoms with Crippen molar-refractivity contribution in [2.24, 2.45) is 0 Å². The molecule has 2 rings (SSSR count). The van der Waals surface area contributed by atoms with Crippen molar-refractivity contribution in [2.45, 2.75) is 24.8 Å². The van der Waals surface area contributed by atoms with E-state index in [9.17, 15) is 13.2 Å². The normalized spacial score (nSPS) is 11.3.